The average molecular weight is 368 g/mol. The zero-order chi connectivity index (χ0) is 19.2. The van der Waals surface area contributed by atoms with Crippen LogP contribution in [-0.2, 0) is 19.3 Å². The van der Waals surface area contributed by atoms with Crippen LogP contribution in [0.2, 0.25) is 0 Å². The van der Waals surface area contributed by atoms with Crippen LogP contribution >= 0.6 is 0 Å². The second kappa shape index (κ2) is 13.4. The number of unbranched alkanes of at least 4 members (excludes halogenated alkanes) is 6. The summed E-state index contributed by atoms with van der Waals surface area (Å²) in [5.41, 5.74) is 3.90. The number of aromatic nitrogens is 1. The minimum Gasteiger partial charge on any atom is -0.494 e. The van der Waals surface area contributed by atoms with Gasteiger partial charge in [0.25, 0.3) is 0 Å². The number of aryl methyl sites for hydroxylation is 3. The zero-order valence-corrected chi connectivity index (χ0v) is 17.4. The maximum absolute atomic E-state index is 5.85. The fraction of sp³-hybridized carbons (Fsp3) is 0.560. The average Bonchev–Trinajstić information content (AvgIpc) is 2.71. The standard InChI is InChI=1S/C25H37NO/c1-3-5-7-8-10-20-27-25-18-15-22(16-19-25)12-13-23-14-17-24(26-21-23)11-9-6-4-2/h14-19,21H,3-13,20H2,1-2H3. The molecule has 2 aromatic rings. The Morgan fingerprint density at radius 1 is 0.667 bits per heavy atom. The lowest BCUT2D eigenvalue weighted by Gasteiger charge is -2.08. The van der Waals surface area contributed by atoms with Gasteiger partial charge in [-0.15, -0.1) is 0 Å². The molecule has 0 amide bonds. The van der Waals surface area contributed by atoms with E-state index in [0.717, 1.165) is 38.0 Å². The lowest BCUT2D eigenvalue weighted by molar-refractivity contribution is 0.304. The molecule has 1 aromatic carbocycles. The number of rotatable bonds is 14. The SMILES string of the molecule is CCCCCCCOc1ccc(CCc2ccc(CCCCC)nc2)cc1. The summed E-state index contributed by atoms with van der Waals surface area (Å²) in [5, 5.41) is 0. The van der Waals surface area contributed by atoms with Crippen LogP contribution in [0.4, 0.5) is 0 Å². The molecule has 0 aliphatic carbocycles. The number of nitrogens with zero attached hydrogens (tertiary/aromatic N) is 1. The molecular formula is C25H37NO. The van der Waals surface area contributed by atoms with Gasteiger partial charge in [0, 0.05) is 11.9 Å². The molecule has 1 heterocycles. The Morgan fingerprint density at radius 2 is 1.33 bits per heavy atom. The van der Waals surface area contributed by atoms with E-state index in [1.54, 1.807) is 0 Å². The first-order chi connectivity index (χ1) is 13.3. The van der Waals surface area contributed by atoms with Gasteiger partial charge < -0.3 is 4.74 Å². The van der Waals surface area contributed by atoms with Crippen molar-refractivity contribution in [3.8, 4) is 5.75 Å². The number of pyridine rings is 1. The van der Waals surface area contributed by atoms with Crippen molar-refractivity contribution in [1.82, 2.24) is 4.98 Å². The highest BCUT2D eigenvalue weighted by molar-refractivity contribution is 5.28. The minimum atomic E-state index is 0.833. The van der Waals surface area contributed by atoms with Crippen LogP contribution in [0.25, 0.3) is 0 Å². The maximum Gasteiger partial charge on any atom is 0.119 e. The molecular weight excluding hydrogens is 330 g/mol. The van der Waals surface area contributed by atoms with Crippen LogP contribution in [0.5, 0.6) is 5.75 Å². The molecule has 0 fully saturated rings. The monoisotopic (exact) mass is 367 g/mol. The van der Waals surface area contributed by atoms with Gasteiger partial charge in [0.15, 0.2) is 0 Å². The lowest BCUT2D eigenvalue weighted by Crippen LogP contribution is -1.98. The molecule has 27 heavy (non-hydrogen) atoms. The minimum absolute atomic E-state index is 0.833. The quantitative estimate of drug-likeness (QED) is 0.337. The molecule has 2 nitrogen and oxygen atoms in total. The molecule has 0 saturated heterocycles. The van der Waals surface area contributed by atoms with Gasteiger partial charge in [-0.25, -0.2) is 0 Å². The molecule has 0 spiro atoms. The smallest absolute Gasteiger partial charge is 0.119 e. The first kappa shape index (κ1) is 21.5. The predicted octanol–water partition coefficient (Wildman–Crippen LogP) is 6.95. The van der Waals surface area contributed by atoms with Gasteiger partial charge in [-0.2, -0.15) is 0 Å². The Labute approximate surface area is 166 Å². The Balaban J connectivity index is 1.67. The Bertz CT molecular complexity index is 603. The fourth-order valence-corrected chi connectivity index (χ4v) is 3.24. The normalized spacial score (nSPS) is 10.9. The summed E-state index contributed by atoms with van der Waals surface area (Å²) in [6.07, 6.45) is 15.4. The molecule has 0 aliphatic rings. The summed E-state index contributed by atoms with van der Waals surface area (Å²) in [6, 6.07) is 13.0. The third-order valence-electron chi connectivity index (χ3n) is 5.06. The van der Waals surface area contributed by atoms with Gasteiger partial charge in [-0.1, -0.05) is 70.6 Å². The van der Waals surface area contributed by atoms with Crippen LogP contribution in [-0.4, -0.2) is 11.6 Å². The summed E-state index contributed by atoms with van der Waals surface area (Å²) in [7, 11) is 0. The van der Waals surface area contributed by atoms with E-state index in [1.165, 1.54) is 61.8 Å². The summed E-state index contributed by atoms with van der Waals surface area (Å²) < 4.78 is 5.85. The topological polar surface area (TPSA) is 22.1 Å². The van der Waals surface area contributed by atoms with Crippen molar-refractivity contribution in [3.63, 3.8) is 0 Å². The van der Waals surface area contributed by atoms with Crippen LogP contribution in [0, 0.1) is 0 Å². The molecule has 0 bridgehead atoms. The van der Waals surface area contributed by atoms with E-state index >= 15 is 0 Å². The fourth-order valence-electron chi connectivity index (χ4n) is 3.24. The zero-order valence-electron chi connectivity index (χ0n) is 17.4. The number of benzene rings is 1. The summed E-state index contributed by atoms with van der Waals surface area (Å²) in [4.78, 5) is 4.62. The molecule has 0 radical (unpaired) electrons. The number of ether oxygens (including phenoxy) is 1. The highest BCUT2D eigenvalue weighted by Gasteiger charge is 2.00. The van der Waals surface area contributed by atoms with Crippen molar-refractivity contribution in [2.45, 2.75) is 84.5 Å². The second-order valence-electron chi connectivity index (χ2n) is 7.52. The van der Waals surface area contributed by atoms with Crippen molar-refractivity contribution in [2.75, 3.05) is 6.61 Å². The van der Waals surface area contributed by atoms with Crippen molar-refractivity contribution in [3.05, 3.63) is 59.4 Å². The molecule has 0 atom stereocenters. The van der Waals surface area contributed by atoms with E-state index < -0.39 is 0 Å². The molecule has 1 aromatic heterocycles. The van der Waals surface area contributed by atoms with E-state index in [0.29, 0.717) is 0 Å². The van der Waals surface area contributed by atoms with Gasteiger partial charge in [-0.3, -0.25) is 4.98 Å². The molecule has 0 aliphatic heterocycles. The van der Waals surface area contributed by atoms with E-state index in [-0.39, 0.29) is 0 Å². The Morgan fingerprint density at radius 3 is 2.04 bits per heavy atom. The van der Waals surface area contributed by atoms with E-state index in [4.69, 9.17) is 4.74 Å². The van der Waals surface area contributed by atoms with Gasteiger partial charge in [0.05, 0.1) is 6.61 Å². The van der Waals surface area contributed by atoms with Crippen LogP contribution in [0.15, 0.2) is 42.6 Å². The molecule has 0 saturated carbocycles. The largest absolute Gasteiger partial charge is 0.494 e. The van der Waals surface area contributed by atoms with Gasteiger partial charge in [0.2, 0.25) is 0 Å². The van der Waals surface area contributed by atoms with E-state index in [1.807, 2.05) is 0 Å². The number of hydrogen-bond donors (Lipinski definition) is 0. The van der Waals surface area contributed by atoms with Crippen molar-refractivity contribution >= 4 is 0 Å². The van der Waals surface area contributed by atoms with E-state index in [2.05, 4.69) is 61.4 Å². The number of hydrogen-bond acceptors (Lipinski definition) is 2. The highest BCUT2D eigenvalue weighted by Crippen LogP contribution is 2.15. The lowest BCUT2D eigenvalue weighted by atomic mass is 10.0. The van der Waals surface area contributed by atoms with Gasteiger partial charge >= 0.3 is 0 Å². The Kier molecular flexibility index (Phi) is 10.6. The molecule has 148 valence electrons. The van der Waals surface area contributed by atoms with Crippen molar-refractivity contribution < 1.29 is 4.74 Å². The highest BCUT2D eigenvalue weighted by atomic mass is 16.5. The van der Waals surface area contributed by atoms with Gasteiger partial charge in [0.1, 0.15) is 5.75 Å². The summed E-state index contributed by atoms with van der Waals surface area (Å²) in [6.45, 7) is 5.32. The summed E-state index contributed by atoms with van der Waals surface area (Å²) in [5.74, 6) is 0.993. The van der Waals surface area contributed by atoms with Crippen molar-refractivity contribution in [2.24, 2.45) is 0 Å². The molecule has 2 heteroatoms. The third-order valence-corrected chi connectivity index (χ3v) is 5.06. The molecule has 0 unspecified atom stereocenters. The third kappa shape index (κ3) is 9.08. The van der Waals surface area contributed by atoms with E-state index in [9.17, 15) is 0 Å². The van der Waals surface area contributed by atoms with Crippen molar-refractivity contribution in [1.29, 1.82) is 0 Å². The predicted molar refractivity (Wildman–Crippen MR) is 116 cm³/mol. The molecule has 0 N–H and O–H groups in total. The second-order valence-corrected chi connectivity index (χ2v) is 7.52. The van der Waals surface area contributed by atoms with Crippen LogP contribution < -0.4 is 4.74 Å². The van der Waals surface area contributed by atoms with Crippen LogP contribution in [0.1, 0.15) is 82.0 Å². The first-order valence-corrected chi connectivity index (χ1v) is 11.0. The van der Waals surface area contributed by atoms with Gasteiger partial charge in [-0.05, 0) is 61.4 Å². The summed E-state index contributed by atoms with van der Waals surface area (Å²) >= 11 is 0. The molecule has 2 rings (SSSR count). The first-order valence-electron chi connectivity index (χ1n) is 11.0. The Hall–Kier alpha value is -1.83. The van der Waals surface area contributed by atoms with Crippen LogP contribution in [0.3, 0.4) is 0 Å². The maximum atomic E-state index is 5.85.